The van der Waals surface area contributed by atoms with Gasteiger partial charge in [-0.3, -0.25) is 14.4 Å². The highest BCUT2D eigenvalue weighted by Gasteiger charge is 3.06. The van der Waals surface area contributed by atoms with E-state index in [1.165, 1.54) is 0 Å². The number of carbonyl (C=O) groups is 3. The first-order valence-corrected chi connectivity index (χ1v) is 3.98. The Hall–Kier alpha value is -1.39. The molecule has 3 fully saturated rings. The van der Waals surface area contributed by atoms with Crippen molar-refractivity contribution in [1.29, 1.82) is 0 Å². The largest absolute Gasteiger partial charge is 0.481 e. The van der Waals surface area contributed by atoms with E-state index in [-0.39, 0.29) is 0 Å². The van der Waals surface area contributed by atoms with Crippen molar-refractivity contribution in [2.75, 3.05) is 0 Å². The fourth-order valence-electron chi connectivity index (χ4n) is 3.13. The van der Waals surface area contributed by atoms with E-state index >= 15 is 0 Å². The van der Waals surface area contributed by atoms with Gasteiger partial charge in [0, 0.05) is 5.41 Å². The maximum atomic E-state index is 11.1. The van der Waals surface area contributed by atoms with Crippen molar-refractivity contribution < 1.29 is 24.2 Å². The molecule has 1 N–H and O–H groups in total. The number of carboxylic acids is 1. The smallest absolute Gasteiger partial charge is 0.318 e. The van der Waals surface area contributed by atoms with E-state index in [0.717, 1.165) is 0 Å². The molecule has 5 heteroatoms. The third-order valence-electron chi connectivity index (χ3n) is 3.86. The van der Waals surface area contributed by atoms with E-state index in [4.69, 9.17) is 5.11 Å². The van der Waals surface area contributed by atoms with E-state index in [9.17, 15) is 14.4 Å². The van der Waals surface area contributed by atoms with E-state index in [1.54, 1.807) is 6.92 Å². The van der Waals surface area contributed by atoms with Crippen molar-refractivity contribution in [1.82, 2.24) is 0 Å². The molecule has 1 saturated heterocycles. The lowest BCUT2D eigenvalue weighted by atomic mass is 9.90. The van der Waals surface area contributed by atoms with Crippen molar-refractivity contribution in [2.45, 2.75) is 6.92 Å². The van der Waals surface area contributed by atoms with Crippen LogP contribution in [-0.4, -0.2) is 23.0 Å². The molecule has 0 bridgehead atoms. The van der Waals surface area contributed by atoms with Gasteiger partial charge in [-0.25, -0.2) is 0 Å². The van der Waals surface area contributed by atoms with Crippen LogP contribution in [0.1, 0.15) is 6.92 Å². The summed E-state index contributed by atoms with van der Waals surface area (Å²) in [6.07, 6.45) is 0. The van der Waals surface area contributed by atoms with Crippen LogP contribution >= 0.6 is 0 Å². The zero-order valence-corrected chi connectivity index (χ0v) is 6.73. The summed E-state index contributed by atoms with van der Waals surface area (Å²) in [7, 11) is 0. The number of fused-ring (bicyclic) bond motifs is 2. The molecule has 1 aliphatic heterocycles. The molecule has 3 rings (SSSR count). The van der Waals surface area contributed by atoms with Gasteiger partial charge in [-0.15, -0.1) is 0 Å². The van der Waals surface area contributed by atoms with Crippen LogP contribution in [0.15, 0.2) is 0 Å². The van der Waals surface area contributed by atoms with Crippen molar-refractivity contribution in [2.24, 2.45) is 22.7 Å². The van der Waals surface area contributed by atoms with Gasteiger partial charge in [-0.2, -0.15) is 0 Å². The van der Waals surface area contributed by atoms with E-state index in [2.05, 4.69) is 4.74 Å². The highest BCUT2D eigenvalue weighted by Crippen LogP contribution is 2.95. The van der Waals surface area contributed by atoms with Gasteiger partial charge in [-0.1, -0.05) is 6.92 Å². The van der Waals surface area contributed by atoms with E-state index in [0.29, 0.717) is 0 Å². The van der Waals surface area contributed by atoms with Gasteiger partial charge >= 0.3 is 17.9 Å². The van der Waals surface area contributed by atoms with Crippen molar-refractivity contribution in [3.05, 3.63) is 0 Å². The molecule has 3 aliphatic rings. The number of carbonyl (C=O) groups excluding carboxylic acids is 2. The van der Waals surface area contributed by atoms with Crippen molar-refractivity contribution >= 4 is 17.9 Å². The summed E-state index contributed by atoms with van der Waals surface area (Å²) in [4.78, 5) is 33.0. The molecule has 0 aromatic heterocycles. The van der Waals surface area contributed by atoms with Crippen molar-refractivity contribution in [3.63, 3.8) is 0 Å². The van der Waals surface area contributed by atoms with Crippen LogP contribution in [0.5, 0.6) is 0 Å². The minimum atomic E-state index is -1.10. The number of esters is 2. The van der Waals surface area contributed by atoms with Gasteiger partial charge in [-0.05, 0) is 0 Å². The summed E-state index contributed by atoms with van der Waals surface area (Å²) in [5, 5.41) is 8.90. The Bertz CT molecular complexity index is 360. The summed E-state index contributed by atoms with van der Waals surface area (Å²) in [5.41, 5.74) is -1.73. The molecule has 2 aliphatic carbocycles. The third-order valence-corrected chi connectivity index (χ3v) is 3.86. The fraction of sp³-hybridized carbons (Fsp3) is 0.625. The number of carboxylic acid groups (broad SMARTS) is 1. The predicted molar refractivity (Wildman–Crippen MR) is 36.3 cm³/mol. The molecule has 0 spiro atoms. The van der Waals surface area contributed by atoms with Gasteiger partial charge in [0.05, 0.1) is 11.8 Å². The molecule has 68 valence electrons. The minimum absolute atomic E-state index is 0.583. The SMILES string of the molecule is CC12C3C(=O)OC(=O)C1C32C(=O)O. The Kier molecular flexibility index (Phi) is 0.751. The molecule has 2 saturated carbocycles. The third kappa shape index (κ3) is 0.378. The van der Waals surface area contributed by atoms with Crippen LogP contribution in [0, 0.1) is 22.7 Å². The quantitative estimate of drug-likeness (QED) is 0.433. The Balaban J connectivity index is 2.11. The molecular weight excluding hydrogens is 176 g/mol. The molecule has 0 aromatic rings. The number of rotatable bonds is 1. The number of hydrogen-bond acceptors (Lipinski definition) is 4. The van der Waals surface area contributed by atoms with Gasteiger partial charge in [0.2, 0.25) is 0 Å². The Labute approximate surface area is 72.7 Å². The van der Waals surface area contributed by atoms with Gasteiger partial charge in [0.25, 0.3) is 0 Å². The van der Waals surface area contributed by atoms with Gasteiger partial charge in [0.1, 0.15) is 5.41 Å². The lowest BCUT2D eigenvalue weighted by Gasteiger charge is -2.22. The highest BCUT2D eigenvalue weighted by atomic mass is 16.6. The lowest BCUT2D eigenvalue weighted by molar-refractivity contribution is -0.176. The number of aliphatic carboxylic acids is 1. The lowest BCUT2D eigenvalue weighted by Crippen LogP contribution is -2.39. The average Bonchev–Trinajstić information content (AvgIpc) is 2.70. The molecule has 0 amide bonds. The molecule has 2 atom stereocenters. The zero-order valence-electron chi connectivity index (χ0n) is 6.73. The summed E-state index contributed by atoms with van der Waals surface area (Å²) in [6.45, 7) is 1.66. The predicted octanol–water partition coefficient (Wildman–Crippen LogP) is -0.593. The topological polar surface area (TPSA) is 80.7 Å². The molecule has 0 aromatic carbocycles. The van der Waals surface area contributed by atoms with Crippen LogP contribution in [0.4, 0.5) is 0 Å². The summed E-state index contributed by atoms with van der Waals surface area (Å²) in [6, 6.07) is 0. The van der Waals surface area contributed by atoms with Crippen LogP contribution in [0.25, 0.3) is 0 Å². The second kappa shape index (κ2) is 1.38. The van der Waals surface area contributed by atoms with Gasteiger partial charge in [0.15, 0.2) is 0 Å². The zero-order chi connectivity index (χ0) is 9.59. The van der Waals surface area contributed by atoms with Crippen LogP contribution in [-0.2, 0) is 19.1 Å². The number of hydrogen-bond donors (Lipinski definition) is 1. The monoisotopic (exact) mass is 182 g/mol. The van der Waals surface area contributed by atoms with Crippen LogP contribution in [0.3, 0.4) is 0 Å². The van der Waals surface area contributed by atoms with Crippen molar-refractivity contribution in [3.8, 4) is 0 Å². The van der Waals surface area contributed by atoms with Crippen LogP contribution < -0.4 is 0 Å². The van der Waals surface area contributed by atoms with Gasteiger partial charge < -0.3 is 9.84 Å². The summed E-state index contributed by atoms with van der Waals surface area (Å²) in [5.74, 6) is -3.55. The maximum Gasteiger partial charge on any atom is 0.318 e. The summed E-state index contributed by atoms with van der Waals surface area (Å²) < 4.78 is 4.37. The first kappa shape index (κ1) is 7.06. The molecule has 13 heavy (non-hydrogen) atoms. The fourth-order valence-corrected chi connectivity index (χ4v) is 3.13. The van der Waals surface area contributed by atoms with E-state index in [1.807, 2.05) is 0 Å². The van der Waals surface area contributed by atoms with Crippen LogP contribution in [0.2, 0.25) is 0 Å². The number of cyclic esters (lactones) is 2. The molecule has 2 unspecified atom stereocenters. The summed E-state index contributed by atoms with van der Waals surface area (Å²) >= 11 is 0. The average molecular weight is 182 g/mol. The Morgan fingerprint density at radius 1 is 1.38 bits per heavy atom. The Morgan fingerprint density at radius 3 is 2.15 bits per heavy atom. The molecule has 1 heterocycles. The Morgan fingerprint density at radius 2 is 1.85 bits per heavy atom. The second-order valence-corrected chi connectivity index (χ2v) is 4.06. The normalized spacial score (nSPS) is 55.2. The highest BCUT2D eigenvalue weighted by molar-refractivity contribution is 6.12. The second-order valence-electron chi connectivity index (χ2n) is 4.06. The standard InChI is InChI=1S/C8H6O5/c1-7-2-4(9)13-5(10)3(7)8(2,7)6(11)12/h2-3H,1H3,(H,11,12). The number of ether oxygens (including phenoxy) is 1. The first-order valence-electron chi connectivity index (χ1n) is 3.98. The molecule has 0 radical (unpaired) electrons. The minimum Gasteiger partial charge on any atom is -0.481 e. The molecular formula is C8H6O5. The maximum absolute atomic E-state index is 11.1. The van der Waals surface area contributed by atoms with E-state index < -0.39 is 40.6 Å². The first-order chi connectivity index (χ1) is 5.99. The molecule has 5 nitrogen and oxygen atoms in total.